The van der Waals surface area contributed by atoms with Crippen LogP contribution >= 0.6 is 0 Å². The van der Waals surface area contributed by atoms with Gasteiger partial charge in [-0.15, -0.1) is 0 Å². The molecule has 0 bridgehead atoms. The molecule has 1 amide bonds. The van der Waals surface area contributed by atoms with E-state index in [2.05, 4.69) is 15.3 Å². The summed E-state index contributed by atoms with van der Waals surface area (Å²) >= 11 is 0. The first kappa shape index (κ1) is 12.1. The van der Waals surface area contributed by atoms with E-state index in [0.29, 0.717) is 6.54 Å². The molecular formula is C11H19N5O. The van der Waals surface area contributed by atoms with Crippen molar-refractivity contribution in [3.63, 3.8) is 0 Å². The van der Waals surface area contributed by atoms with E-state index in [1.54, 1.807) is 6.20 Å². The van der Waals surface area contributed by atoms with Crippen LogP contribution in [0.4, 0.5) is 0 Å². The molecule has 1 aromatic rings. The second kappa shape index (κ2) is 5.29. The van der Waals surface area contributed by atoms with Crippen molar-refractivity contribution in [3.05, 3.63) is 18.0 Å². The molecule has 0 aromatic carbocycles. The Bertz CT molecular complexity index is 389. The number of primary amides is 1. The van der Waals surface area contributed by atoms with Crippen LogP contribution in [-0.4, -0.2) is 52.8 Å². The number of carbonyl (C=O) groups is 1. The number of aromatic nitrogens is 2. The highest BCUT2D eigenvalue weighted by atomic mass is 16.1. The lowest BCUT2D eigenvalue weighted by Gasteiger charge is -2.34. The van der Waals surface area contributed by atoms with Gasteiger partial charge in [0.15, 0.2) is 0 Å². The second-order valence-corrected chi connectivity index (χ2v) is 4.35. The van der Waals surface area contributed by atoms with E-state index in [9.17, 15) is 4.79 Å². The number of rotatable bonds is 4. The molecule has 2 rings (SSSR count). The standard InChI is InChI=1S/C11H19N5O/c1-15-9(2-4-14-15)3-6-16-7-5-13-8-10(16)11(12)17/h2,4,10,13H,3,5-8H2,1H3,(H2,12,17). The maximum Gasteiger partial charge on any atom is 0.236 e. The summed E-state index contributed by atoms with van der Waals surface area (Å²) in [5.41, 5.74) is 6.57. The number of nitrogens with one attached hydrogen (secondary N) is 1. The van der Waals surface area contributed by atoms with Crippen LogP contribution in [0, 0.1) is 0 Å². The molecule has 3 N–H and O–H groups in total. The minimum absolute atomic E-state index is 0.183. The van der Waals surface area contributed by atoms with E-state index >= 15 is 0 Å². The number of nitrogens with two attached hydrogens (primary N) is 1. The highest BCUT2D eigenvalue weighted by Gasteiger charge is 2.26. The van der Waals surface area contributed by atoms with Gasteiger partial charge in [-0.3, -0.25) is 14.4 Å². The molecule has 94 valence electrons. The normalized spacial score (nSPS) is 21.6. The zero-order chi connectivity index (χ0) is 12.3. The summed E-state index contributed by atoms with van der Waals surface area (Å²) in [5, 5.41) is 7.32. The maximum atomic E-state index is 11.3. The second-order valence-electron chi connectivity index (χ2n) is 4.35. The van der Waals surface area contributed by atoms with Crippen LogP contribution in [-0.2, 0) is 18.3 Å². The molecule has 2 heterocycles. The van der Waals surface area contributed by atoms with Crippen molar-refractivity contribution in [2.24, 2.45) is 12.8 Å². The average Bonchev–Trinajstić information content (AvgIpc) is 2.72. The van der Waals surface area contributed by atoms with Gasteiger partial charge in [0.25, 0.3) is 0 Å². The van der Waals surface area contributed by atoms with E-state index in [1.807, 2.05) is 17.8 Å². The topological polar surface area (TPSA) is 76.2 Å². The van der Waals surface area contributed by atoms with Gasteiger partial charge in [0.1, 0.15) is 6.04 Å². The van der Waals surface area contributed by atoms with Gasteiger partial charge in [0.05, 0.1) is 0 Å². The zero-order valence-electron chi connectivity index (χ0n) is 10.1. The van der Waals surface area contributed by atoms with Crippen molar-refractivity contribution >= 4 is 5.91 Å². The van der Waals surface area contributed by atoms with E-state index < -0.39 is 0 Å². The van der Waals surface area contributed by atoms with Crippen LogP contribution in [0.1, 0.15) is 5.69 Å². The first-order valence-electron chi connectivity index (χ1n) is 5.89. The summed E-state index contributed by atoms with van der Waals surface area (Å²) in [6, 6.07) is 1.82. The lowest BCUT2D eigenvalue weighted by molar-refractivity contribution is -0.123. The number of carbonyl (C=O) groups excluding carboxylic acids is 1. The van der Waals surface area contributed by atoms with Gasteiger partial charge in [-0.25, -0.2) is 0 Å². The Balaban J connectivity index is 1.92. The number of piperazine rings is 1. The SMILES string of the molecule is Cn1nccc1CCN1CCNCC1C(N)=O. The summed E-state index contributed by atoms with van der Waals surface area (Å²) < 4.78 is 1.86. The molecule has 0 spiro atoms. The van der Waals surface area contributed by atoms with E-state index in [-0.39, 0.29) is 11.9 Å². The Labute approximate surface area is 101 Å². The monoisotopic (exact) mass is 237 g/mol. The Kier molecular flexibility index (Phi) is 3.75. The van der Waals surface area contributed by atoms with Crippen LogP contribution in [0.3, 0.4) is 0 Å². The van der Waals surface area contributed by atoms with Gasteiger partial charge in [-0.05, 0) is 6.07 Å². The Morgan fingerprint density at radius 1 is 1.71 bits per heavy atom. The first-order valence-corrected chi connectivity index (χ1v) is 5.89. The number of aryl methyl sites for hydroxylation is 1. The molecule has 1 unspecified atom stereocenters. The highest BCUT2D eigenvalue weighted by Crippen LogP contribution is 2.06. The van der Waals surface area contributed by atoms with Gasteiger partial charge < -0.3 is 11.1 Å². The van der Waals surface area contributed by atoms with Crippen molar-refractivity contribution in [3.8, 4) is 0 Å². The largest absolute Gasteiger partial charge is 0.368 e. The van der Waals surface area contributed by atoms with Gasteiger partial charge in [-0.1, -0.05) is 0 Å². The molecule has 6 heteroatoms. The Morgan fingerprint density at radius 3 is 3.18 bits per heavy atom. The van der Waals surface area contributed by atoms with Gasteiger partial charge in [0, 0.05) is 51.5 Å². The number of hydrogen-bond acceptors (Lipinski definition) is 4. The van der Waals surface area contributed by atoms with Crippen LogP contribution in [0.2, 0.25) is 0 Å². The van der Waals surface area contributed by atoms with E-state index in [4.69, 9.17) is 5.73 Å². The van der Waals surface area contributed by atoms with Crippen molar-refractivity contribution in [2.75, 3.05) is 26.2 Å². The smallest absolute Gasteiger partial charge is 0.236 e. The fourth-order valence-corrected chi connectivity index (χ4v) is 2.20. The van der Waals surface area contributed by atoms with E-state index in [0.717, 1.165) is 26.1 Å². The first-order chi connectivity index (χ1) is 8.18. The molecule has 0 saturated carbocycles. The summed E-state index contributed by atoms with van der Waals surface area (Å²) in [7, 11) is 1.93. The molecule has 0 radical (unpaired) electrons. The van der Waals surface area contributed by atoms with Crippen molar-refractivity contribution < 1.29 is 4.79 Å². The number of amides is 1. The van der Waals surface area contributed by atoms with Gasteiger partial charge >= 0.3 is 0 Å². The molecule has 1 saturated heterocycles. The third-order valence-corrected chi connectivity index (χ3v) is 3.26. The summed E-state index contributed by atoms with van der Waals surface area (Å²) in [4.78, 5) is 13.5. The summed E-state index contributed by atoms with van der Waals surface area (Å²) in [6.45, 7) is 3.27. The van der Waals surface area contributed by atoms with Gasteiger partial charge in [0.2, 0.25) is 5.91 Å². The molecular weight excluding hydrogens is 218 g/mol. The Hall–Kier alpha value is -1.40. The van der Waals surface area contributed by atoms with Crippen LogP contribution in [0.25, 0.3) is 0 Å². The zero-order valence-corrected chi connectivity index (χ0v) is 10.1. The molecule has 1 atom stereocenters. The van der Waals surface area contributed by atoms with Crippen LogP contribution in [0.5, 0.6) is 0 Å². The molecule has 0 aliphatic carbocycles. The molecule has 17 heavy (non-hydrogen) atoms. The molecule has 1 aliphatic rings. The van der Waals surface area contributed by atoms with Crippen molar-refractivity contribution in [2.45, 2.75) is 12.5 Å². The van der Waals surface area contributed by atoms with Crippen molar-refractivity contribution in [1.82, 2.24) is 20.0 Å². The molecule has 1 fully saturated rings. The predicted molar refractivity (Wildman–Crippen MR) is 64.3 cm³/mol. The highest BCUT2D eigenvalue weighted by molar-refractivity contribution is 5.80. The quantitative estimate of drug-likeness (QED) is 0.684. The Morgan fingerprint density at radius 2 is 2.53 bits per heavy atom. The average molecular weight is 237 g/mol. The molecule has 1 aromatic heterocycles. The van der Waals surface area contributed by atoms with Crippen LogP contribution in [0.15, 0.2) is 12.3 Å². The van der Waals surface area contributed by atoms with Crippen molar-refractivity contribution in [1.29, 1.82) is 0 Å². The third-order valence-electron chi connectivity index (χ3n) is 3.26. The summed E-state index contributed by atoms with van der Waals surface area (Å²) in [6.07, 6.45) is 2.68. The number of nitrogens with zero attached hydrogens (tertiary/aromatic N) is 3. The maximum absolute atomic E-state index is 11.3. The molecule has 1 aliphatic heterocycles. The van der Waals surface area contributed by atoms with Gasteiger partial charge in [-0.2, -0.15) is 5.10 Å². The summed E-state index contributed by atoms with van der Waals surface area (Å²) in [5.74, 6) is -0.248. The minimum atomic E-state index is -0.248. The fraction of sp³-hybridized carbons (Fsp3) is 0.636. The van der Waals surface area contributed by atoms with Crippen LogP contribution < -0.4 is 11.1 Å². The lowest BCUT2D eigenvalue weighted by Crippen LogP contribution is -2.57. The lowest BCUT2D eigenvalue weighted by atomic mass is 10.1. The van der Waals surface area contributed by atoms with E-state index in [1.165, 1.54) is 5.69 Å². The number of hydrogen-bond donors (Lipinski definition) is 2. The minimum Gasteiger partial charge on any atom is -0.368 e. The fourth-order valence-electron chi connectivity index (χ4n) is 2.20. The third kappa shape index (κ3) is 2.83. The molecule has 6 nitrogen and oxygen atoms in total. The predicted octanol–water partition coefficient (Wildman–Crippen LogP) is -1.28.